The second kappa shape index (κ2) is 6.64. The summed E-state index contributed by atoms with van der Waals surface area (Å²) in [4.78, 5) is 16.2. The molecule has 1 aliphatic heterocycles. The normalized spacial score (nSPS) is 14.3. The van der Waals surface area contributed by atoms with Gasteiger partial charge in [0.1, 0.15) is 12.4 Å². The van der Waals surface area contributed by atoms with E-state index in [2.05, 4.69) is 10.3 Å². The number of ether oxygens (including phenoxy) is 1. The Labute approximate surface area is 136 Å². The Kier molecular flexibility index (Phi) is 4.57. The molecule has 0 radical (unpaired) electrons. The first-order chi connectivity index (χ1) is 11.4. The number of imidazole rings is 1. The Morgan fingerprint density at radius 2 is 2.12 bits per heavy atom. The average Bonchev–Trinajstić information content (AvgIpc) is 2.96. The van der Waals surface area contributed by atoms with Crippen molar-refractivity contribution in [3.8, 4) is 0 Å². The van der Waals surface area contributed by atoms with Gasteiger partial charge in [0.25, 0.3) is 0 Å². The zero-order chi connectivity index (χ0) is 17.2. The Morgan fingerprint density at radius 1 is 1.33 bits per heavy atom. The van der Waals surface area contributed by atoms with E-state index in [-0.39, 0.29) is 18.5 Å². The molecule has 1 amide bonds. The molecule has 0 saturated carbocycles. The predicted octanol–water partition coefficient (Wildman–Crippen LogP) is 2.29. The summed E-state index contributed by atoms with van der Waals surface area (Å²) < 4.78 is 46.1. The van der Waals surface area contributed by atoms with Gasteiger partial charge in [-0.15, -0.1) is 0 Å². The highest BCUT2D eigenvalue weighted by atomic mass is 19.4. The van der Waals surface area contributed by atoms with Gasteiger partial charge in [-0.05, 0) is 11.6 Å². The van der Waals surface area contributed by atoms with Gasteiger partial charge in [-0.3, -0.25) is 4.79 Å². The van der Waals surface area contributed by atoms with Crippen LogP contribution in [0.15, 0.2) is 30.5 Å². The molecule has 1 aromatic carbocycles. The van der Waals surface area contributed by atoms with Gasteiger partial charge >= 0.3 is 6.18 Å². The molecule has 1 aromatic heterocycles. The average molecular weight is 339 g/mol. The van der Waals surface area contributed by atoms with E-state index in [1.165, 1.54) is 18.2 Å². The molecule has 1 N–H and O–H groups in total. The quantitative estimate of drug-likeness (QED) is 0.930. The van der Waals surface area contributed by atoms with Crippen LogP contribution in [0.25, 0.3) is 0 Å². The highest BCUT2D eigenvalue weighted by Gasteiger charge is 2.33. The van der Waals surface area contributed by atoms with Crippen LogP contribution in [0, 0.1) is 0 Å². The molecule has 0 atom stereocenters. The fourth-order valence-corrected chi connectivity index (χ4v) is 2.68. The molecule has 0 unspecified atom stereocenters. The van der Waals surface area contributed by atoms with Crippen molar-refractivity contribution >= 4 is 5.91 Å². The minimum absolute atomic E-state index is 0.0359. The molecular formula is C16H16F3N3O2. The summed E-state index contributed by atoms with van der Waals surface area (Å²) in [7, 11) is 0. The molecular weight excluding hydrogens is 323 g/mol. The molecule has 0 spiro atoms. The monoisotopic (exact) mass is 339 g/mol. The fourth-order valence-electron chi connectivity index (χ4n) is 2.68. The van der Waals surface area contributed by atoms with E-state index in [4.69, 9.17) is 4.74 Å². The third-order valence-electron chi connectivity index (χ3n) is 3.85. The van der Waals surface area contributed by atoms with E-state index >= 15 is 0 Å². The van der Waals surface area contributed by atoms with Crippen molar-refractivity contribution in [1.29, 1.82) is 0 Å². The maximum Gasteiger partial charge on any atom is 0.416 e. The highest BCUT2D eigenvalue weighted by Crippen LogP contribution is 2.32. The molecule has 3 rings (SSSR count). The standard InChI is InChI=1S/C16H16F3N3O2/c17-16(18,19)13-4-2-1-3-11(13)7-15(23)21-9-12-8-20-14-10-24-6-5-22(12)14/h1-4,8H,5-7,9-10H2,(H,21,23). The van der Waals surface area contributed by atoms with Crippen molar-refractivity contribution in [2.45, 2.75) is 32.3 Å². The van der Waals surface area contributed by atoms with Crippen LogP contribution in [-0.4, -0.2) is 22.1 Å². The van der Waals surface area contributed by atoms with Crippen molar-refractivity contribution in [1.82, 2.24) is 14.9 Å². The van der Waals surface area contributed by atoms with Crippen molar-refractivity contribution in [2.24, 2.45) is 0 Å². The summed E-state index contributed by atoms with van der Waals surface area (Å²) in [5.41, 5.74) is -0.00370. The predicted molar refractivity (Wildman–Crippen MR) is 78.9 cm³/mol. The van der Waals surface area contributed by atoms with Gasteiger partial charge in [0.05, 0.1) is 37.0 Å². The van der Waals surface area contributed by atoms with Gasteiger partial charge in [-0.2, -0.15) is 13.2 Å². The van der Waals surface area contributed by atoms with Crippen LogP contribution in [0.2, 0.25) is 0 Å². The van der Waals surface area contributed by atoms with Gasteiger partial charge in [-0.25, -0.2) is 4.98 Å². The summed E-state index contributed by atoms with van der Waals surface area (Å²) in [5, 5.41) is 2.65. The molecule has 24 heavy (non-hydrogen) atoms. The smallest absolute Gasteiger partial charge is 0.372 e. The molecule has 0 aliphatic carbocycles. The molecule has 0 saturated heterocycles. The van der Waals surface area contributed by atoms with Crippen LogP contribution in [0.3, 0.4) is 0 Å². The second-order valence-corrected chi connectivity index (χ2v) is 5.48. The molecule has 2 heterocycles. The number of carbonyl (C=O) groups is 1. The number of fused-ring (bicyclic) bond motifs is 1. The Balaban J connectivity index is 1.64. The van der Waals surface area contributed by atoms with E-state index in [0.717, 1.165) is 17.6 Å². The fraction of sp³-hybridized carbons (Fsp3) is 0.375. The van der Waals surface area contributed by atoms with E-state index < -0.39 is 17.6 Å². The SMILES string of the molecule is O=C(Cc1ccccc1C(F)(F)F)NCc1cnc2n1CCOC2. The lowest BCUT2D eigenvalue weighted by Crippen LogP contribution is -2.28. The van der Waals surface area contributed by atoms with Crippen molar-refractivity contribution in [3.63, 3.8) is 0 Å². The molecule has 0 fully saturated rings. The van der Waals surface area contributed by atoms with Crippen LogP contribution in [0.5, 0.6) is 0 Å². The van der Waals surface area contributed by atoms with Gasteiger partial charge in [-0.1, -0.05) is 18.2 Å². The Bertz CT molecular complexity index is 740. The minimum Gasteiger partial charge on any atom is -0.372 e. The number of aromatic nitrogens is 2. The van der Waals surface area contributed by atoms with E-state index in [1.54, 1.807) is 6.20 Å². The lowest BCUT2D eigenvalue weighted by atomic mass is 10.0. The van der Waals surface area contributed by atoms with Crippen molar-refractivity contribution in [2.75, 3.05) is 6.61 Å². The largest absolute Gasteiger partial charge is 0.416 e. The molecule has 128 valence electrons. The maximum atomic E-state index is 12.9. The Morgan fingerprint density at radius 3 is 2.92 bits per heavy atom. The maximum absolute atomic E-state index is 12.9. The summed E-state index contributed by atoms with van der Waals surface area (Å²) in [6.45, 7) is 1.87. The number of hydrogen-bond acceptors (Lipinski definition) is 3. The number of benzene rings is 1. The van der Waals surface area contributed by atoms with Gasteiger partial charge < -0.3 is 14.6 Å². The summed E-state index contributed by atoms with van der Waals surface area (Å²) >= 11 is 0. The second-order valence-electron chi connectivity index (χ2n) is 5.48. The van der Waals surface area contributed by atoms with Gasteiger partial charge in [0, 0.05) is 6.54 Å². The van der Waals surface area contributed by atoms with E-state index in [9.17, 15) is 18.0 Å². The first-order valence-electron chi connectivity index (χ1n) is 7.48. The lowest BCUT2D eigenvalue weighted by molar-refractivity contribution is -0.138. The topological polar surface area (TPSA) is 56.2 Å². The first-order valence-corrected chi connectivity index (χ1v) is 7.48. The number of nitrogens with zero attached hydrogens (tertiary/aromatic N) is 2. The molecule has 0 bridgehead atoms. The third kappa shape index (κ3) is 3.59. The van der Waals surface area contributed by atoms with Crippen LogP contribution >= 0.6 is 0 Å². The van der Waals surface area contributed by atoms with Crippen molar-refractivity contribution < 1.29 is 22.7 Å². The van der Waals surface area contributed by atoms with Crippen LogP contribution < -0.4 is 5.32 Å². The van der Waals surface area contributed by atoms with Gasteiger partial charge in [0.15, 0.2) is 0 Å². The van der Waals surface area contributed by atoms with Gasteiger partial charge in [0.2, 0.25) is 5.91 Å². The number of nitrogens with one attached hydrogen (secondary N) is 1. The number of alkyl halides is 3. The Hall–Kier alpha value is -2.35. The van der Waals surface area contributed by atoms with Crippen LogP contribution in [0.4, 0.5) is 13.2 Å². The lowest BCUT2D eigenvalue weighted by Gasteiger charge is -2.17. The molecule has 5 nitrogen and oxygen atoms in total. The zero-order valence-electron chi connectivity index (χ0n) is 12.8. The summed E-state index contributed by atoms with van der Waals surface area (Å²) in [6.07, 6.45) is -3.14. The van der Waals surface area contributed by atoms with E-state index in [1.807, 2.05) is 4.57 Å². The number of carbonyl (C=O) groups excluding carboxylic acids is 1. The zero-order valence-corrected chi connectivity index (χ0v) is 12.8. The molecule has 1 aliphatic rings. The van der Waals surface area contributed by atoms with Crippen molar-refractivity contribution in [3.05, 3.63) is 53.1 Å². The van der Waals surface area contributed by atoms with Crippen LogP contribution in [-0.2, 0) is 41.8 Å². The summed E-state index contributed by atoms with van der Waals surface area (Å²) in [5.74, 6) is 0.322. The number of amides is 1. The van der Waals surface area contributed by atoms with Crippen LogP contribution in [0.1, 0.15) is 22.6 Å². The highest BCUT2D eigenvalue weighted by molar-refractivity contribution is 5.78. The number of rotatable bonds is 4. The third-order valence-corrected chi connectivity index (χ3v) is 3.85. The minimum atomic E-state index is -4.47. The number of hydrogen-bond donors (Lipinski definition) is 1. The van der Waals surface area contributed by atoms with E-state index in [0.29, 0.717) is 19.8 Å². The molecule has 8 heteroatoms. The summed E-state index contributed by atoms with van der Waals surface area (Å²) in [6, 6.07) is 5.10. The first kappa shape index (κ1) is 16.5. The molecule has 2 aromatic rings. The number of halogens is 3.